The van der Waals surface area contributed by atoms with Gasteiger partial charge in [0.2, 0.25) is 0 Å². The second-order valence-electron chi connectivity index (χ2n) is 9.25. The average Bonchev–Trinajstić information content (AvgIpc) is 3.39. The highest BCUT2D eigenvalue weighted by molar-refractivity contribution is 7.99. The molecule has 0 radical (unpaired) electrons. The fourth-order valence-electron chi connectivity index (χ4n) is 4.84. The average molecular weight is 658 g/mol. The van der Waals surface area contributed by atoms with Crippen molar-refractivity contribution in [2.45, 2.75) is 38.7 Å². The molecule has 0 amide bonds. The largest absolute Gasteiger partial charge is 0.691 e. The predicted octanol–water partition coefficient (Wildman–Crippen LogP) is 6.45. The van der Waals surface area contributed by atoms with Crippen LogP contribution in [0.2, 0.25) is 5.02 Å². The van der Waals surface area contributed by atoms with E-state index in [1.165, 1.54) is 17.0 Å². The molecule has 0 saturated carbocycles. The molecule has 4 rings (SSSR count). The Morgan fingerprint density at radius 1 is 1.11 bits per heavy atom. The molecule has 2 aromatic carbocycles. The maximum atomic E-state index is 13.7. The fraction of sp³-hybridized carbons (Fsp3) is 0.286. The van der Waals surface area contributed by atoms with Gasteiger partial charge in [-0.3, -0.25) is 9.94 Å². The van der Waals surface area contributed by atoms with Gasteiger partial charge in [0, 0.05) is 36.4 Å². The Hall–Kier alpha value is -3.86. The van der Waals surface area contributed by atoms with Gasteiger partial charge in [-0.25, -0.2) is 9.13 Å². The number of nitriles is 1. The van der Waals surface area contributed by atoms with Crippen LogP contribution in [0.3, 0.4) is 0 Å². The zero-order chi connectivity index (χ0) is 32.2. The number of aromatic nitrogens is 2. The molecule has 1 aliphatic heterocycles. The molecule has 232 valence electrons. The number of fused-ring (bicyclic) bond motifs is 2. The van der Waals surface area contributed by atoms with Crippen LogP contribution in [0.5, 0.6) is 0 Å². The normalized spacial score (nSPS) is 14.4. The molecule has 0 atom stereocenters. The number of aryl methyl sites for hydroxylation is 2. The minimum Gasteiger partial charge on any atom is -0.691 e. The highest BCUT2D eigenvalue weighted by Gasteiger charge is 2.38. The summed E-state index contributed by atoms with van der Waals surface area (Å²) < 4.78 is 89.1. The Balaban J connectivity index is 1.84. The van der Waals surface area contributed by atoms with Crippen LogP contribution in [-0.2, 0) is 35.3 Å². The van der Waals surface area contributed by atoms with E-state index in [0.717, 1.165) is 18.2 Å². The SMILES string of the molecule is CCN1/C(=C\C=C\c2n(CCCC#N)c3cc(C(F)(F)F)ccc3[n+]2C)N(C#CSOO[O-])c2cc(C(F)(F)F)c(Cl)cc21. The molecule has 8 nitrogen and oxygen atoms in total. The summed E-state index contributed by atoms with van der Waals surface area (Å²) in [6, 6.07) is 10.1. The van der Waals surface area contributed by atoms with Crippen LogP contribution in [0.15, 0.2) is 48.3 Å². The summed E-state index contributed by atoms with van der Waals surface area (Å²) >= 11 is 6.32. The van der Waals surface area contributed by atoms with E-state index in [-0.39, 0.29) is 18.7 Å². The van der Waals surface area contributed by atoms with Crippen molar-refractivity contribution in [1.82, 2.24) is 4.57 Å². The fourth-order valence-corrected chi connectivity index (χ4v) is 5.30. The Morgan fingerprint density at radius 2 is 1.86 bits per heavy atom. The van der Waals surface area contributed by atoms with E-state index in [0.29, 0.717) is 53.4 Å². The van der Waals surface area contributed by atoms with Gasteiger partial charge in [-0.2, -0.15) is 35.9 Å². The van der Waals surface area contributed by atoms with Crippen molar-refractivity contribution in [3.05, 3.63) is 70.3 Å². The van der Waals surface area contributed by atoms with Crippen molar-refractivity contribution in [1.29, 1.82) is 5.26 Å². The van der Waals surface area contributed by atoms with Crippen molar-refractivity contribution in [2.24, 2.45) is 7.05 Å². The molecule has 44 heavy (non-hydrogen) atoms. The Bertz CT molecular complexity index is 1720. The predicted molar refractivity (Wildman–Crippen MR) is 150 cm³/mol. The maximum Gasteiger partial charge on any atom is 0.417 e. The second kappa shape index (κ2) is 13.4. The molecule has 0 aliphatic carbocycles. The number of unbranched alkanes of at least 4 members (excludes halogenated alkanes) is 1. The number of imidazole rings is 1. The Labute approximate surface area is 257 Å². The van der Waals surface area contributed by atoms with Crippen LogP contribution in [0, 0.1) is 22.6 Å². The molecular formula is C28H22ClF6N5O3S. The highest BCUT2D eigenvalue weighted by atomic mass is 35.5. The van der Waals surface area contributed by atoms with Gasteiger partial charge in [0.1, 0.15) is 17.9 Å². The Kier molecular flexibility index (Phi) is 10.1. The van der Waals surface area contributed by atoms with E-state index in [1.807, 2.05) is 6.07 Å². The van der Waals surface area contributed by atoms with Crippen molar-refractivity contribution in [3.8, 4) is 17.4 Å². The molecule has 16 heteroatoms. The Morgan fingerprint density at radius 3 is 2.50 bits per heavy atom. The molecule has 1 aliphatic rings. The van der Waals surface area contributed by atoms with Gasteiger partial charge in [0.25, 0.3) is 5.82 Å². The lowest BCUT2D eigenvalue weighted by Gasteiger charge is -2.19. The standard InChI is InChI=1S/C28H22ClF6N5O3S/c1-3-38-24-17-20(29)19(28(33,34)35)16-23(24)40(13-14-44-43-42-41)26(38)8-6-7-25-37(2)21-10-9-18(27(30,31)32)15-22(21)39(25)12-5-4-11-36/h6-10,15-17H,3-5,12H2,1-2H3. The third-order valence-corrected chi connectivity index (χ3v) is 7.33. The lowest BCUT2D eigenvalue weighted by Crippen LogP contribution is -2.31. The number of anilines is 2. The van der Waals surface area contributed by atoms with E-state index in [9.17, 15) is 31.6 Å². The van der Waals surface area contributed by atoms with Gasteiger partial charge in [0.15, 0.2) is 11.0 Å². The number of halogens is 7. The second-order valence-corrected chi connectivity index (χ2v) is 10.2. The maximum absolute atomic E-state index is 13.7. The van der Waals surface area contributed by atoms with Crippen LogP contribution >= 0.6 is 23.6 Å². The lowest BCUT2D eigenvalue weighted by molar-refractivity contribution is -0.776. The van der Waals surface area contributed by atoms with E-state index in [2.05, 4.69) is 20.7 Å². The summed E-state index contributed by atoms with van der Waals surface area (Å²) in [4.78, 5) is 2.92. The summed E-state index contributed by atoms with van der Waals surface area (Å²) in [6.07, 6.45) is -3.96. The number of nitrogens with zero attached hydrogens (tertiary/aromatic N) is 5. The quantitative estimate of drug-likeness (QED) is 0.0524. The monoisotopic (exact) mass is 657 g/mol. The van der Waals surface area contributed by atoms with Crippen molar-refractivity contribution in [2.75, 3.05) is 16.3 Å². The third kappa shape index (κ3) is 6.77. The minimum absolute atomic E-state index is 0.0650. The topological polar surface area (TPSA) is 80.6 Å². The summed E-state index contributed by atoms with van der Waals surface area (Å²) in [5.74, 6) is 0.823. The van der Waals surface area contributed by atoms with Crippen LogP contribution < -0.4 is 19.6 Å². The van der Waals surface area contributed by atoms with Crippen LogP contribution in [0.1, 0.15) is 36.7 Å². The first-order valence-corrected chi connectivity index (χ1v) is 13.9. The molecule has 0 N–H and O–H groups in total. The summed E-state index contributed by atoms with van der Waals surface area (Å²) in [5, 5.41) is 24.3. The van der Waals surface area contributed by atoms with Gasteiger partial charge in [0.05, 0.1) is 47.2 Å². The van der Waals surface area contributed by atoms with Crippen molar-refractivity contribution >= 4 is 52.1 Å². The smallest absolute Gasteiger partial charge is 0.417 e. The van der Waals surface area contributed by atoms with E-state index in [1.54, 1.807) is 46.2 Å². The molecule has 0 bridgehead atoms. The van der Waals surface area contributed by atoms with Crippen molar-refractivity contribution < 1.29 is 45.5 Å². The minimum atomic E-state index is -4.75. The number of hydrogen-bond acceptors (Lipinski definition) is 7. The molecule has 0 fully saturated rings. The van der Waals surface area contributed by atoms with Gasteiger partial charge in [-0.05, 0) is 43.7 Å². The van der Waals surface area contributed by atoms with E-state index < -0.39 is 28.5 Å². The summed E-state index contributed by atoms with van der Waals surface area (Å²) in [6.45, 7) is 2.31. The summed E-state index contributed by atoms with van der Waals surface area (Å²) in [7, 11) is 1.68. The van der Waals surface area contributed by atoms with Gasteiger partial charge in [-0.1, -0.05) is 17.7 Å². The molecule has 0 unspecified atom stereocenters. The van der Waals surface area contributed by atoms with Gasteiger partial charge < -0.3 is 10.2 Å². The van der Waals surface area contributed by atoms with Crippen LogP contribution in [0.4, 0.5) is 37.7 Å². The number of allylic oxidation sites excluding steroid dienone is 2. The number of rotatable bonds is 8. The molecule has 2 heterocycles. The highest BCUT2D eigenvalue weighted by Crippen LogP contribution is 2.47. The molecule has 0 spiro atoms. The molecule has 1 aromatic heterocycles. The van der Waals surface area contributed by atoms with Crippen LogP contribution in [0.25, 0.3) is 17.1 Å². The third-order valence-electron chi connectivity index (χ3n) is 6.72. The van der Waals surface area contributed by atoms with E-state index >= 15 is 0 Å². The zero-order valence-electron chi connectivity index (χ0n) is 23.0. The molecule has 0 saturated heterocycles. The van der Waals surface area contributed by atoms with Crippen LogP contribution in [-0.4, -0.2) is 11.1 Å². The first-order valence-electron chi connectivity index (χ1n) is 12.8. The first-order chi connectivity index (χ1) is 20.8. The number of alkyl halides is 6. The zero-order valence-corrected chi connectivity index (χ0v) is 24.5. The van der Waals surface area contributed by atoms with Gasteiger partial charge >= 0.3 is 12.4 Å². The number of hydrogen-bond donors (Lipinski definition) is 0. The number of benzene rings is 2. The van der Waals surface area contributed by atoms with Gasteiger partial charge in [-0.15, -0.1) is 0 Å². The molecular weight excluding hydrogens is 636 g/mol. The van der Waals surface area contributed by atoms with Crippen molar-refractivity contribution in [3.63, 3.8) is 0 Å². The first kappa shape index (κ1) is 33.0. The lowest BCUT2D eigenvalue weighted by atomic mass is 10.1. The van der Waals surface area contributed by atoms with E-state index in [4.69, 9.17) is 16.9 Å². The molecule has 3 aromatic rings. The summed E-state index contributed by atoms with van der Waals surface area (Å²) in [5.41, 5.74) is -0.659.